The zero-order valence-electron chi connectivity index (χ0n) is 11.7. The molecule has 0 radical (unpaired) electrons. The zero-order chi connectivity index (χ0) is 13.2. The van der Waals surface area contributed by atoms with Crippen molar-refractivity contribution in [3.05, 3.63) is 29.1 Å². The first-order valence-electron chi connectivity index (χ1n) is 6.24. The molecule has 0 aliphatic heterocycles. The Morgan fingerprint density at radius 1 is 1.24 bits per heavy atom. The Morgan fingerprint density at radius 2 is 1.82 bits per heavy atom. The van der Waals surface area contributed by atoms with E-state index in [1.807, 2.05) is 33.8 Å². The third-order valence-corrected chi connectivity index (χ3v) is 2.79. The lowest BCUT2D eigenvalue weighted by molar-refractivity contribution is 0.324. The van der Waals surface area contributed by atoms with Gasteiger partial charge in [0.15, 0.2) is 0 Å². The van der Waals surface area contributed by atoms with Crippen molar-refractivity contribution >= 4 is 0 Å². The minimum atomic E-state index is -0.246. The maximum absolute atomic E-state index is 14.2. The molecule has 0 unspecified atom stereocenters. The molecule has 0 heterocycles. The number of rotatable bonds is 3. The highest BCUT2D eigenvalue weighted by Gasteiger charge is 2.24. The second-order valence-electron chi connectivity index (χ2n) is 5.71. The first-order valence-corrected chi connectivity index (χ1v) is 6.24. The second kappa shape index (κ2) is 5.07. The van der Waals surface area contributed by atoms with Gasteiger partial charge in [0.1, 0.15) is 11.6 Å². The first-order chi connectivity index (χ1) is 7.77. The van der Waals surface area contributed by atoms with Gasteiger partial charge < -0.3 is 4.74 Å². The molecule has 0 N–H and O–H groups in total. The molecule has 0 aliphatic carbocycles. The standard InChI is InChI=1S/C15H23FO/c1-7-17-13-9-11(10(2)3)8-12(16)14(13)15(4,5)6/h8-10H,7H2,1-6H3. The van der Waals surface area contributed by atoms with Crippen molar-refractivity contribution in [1.29, 1.82) is 0 Å². The monoisotopic (exact) mass is 238 g/mol. The van der Waals surface area contributed by atoms with Gasteiger partial charge in [0.25, 0.3) is 0 Å². The molecule has 2 heteroatoms. The largest absolute Gasteiger partial charge is 0.493 e. The van der Waals surface area contributed by atoms with Crippen molar-refractivity contribution in [3.8, 4) is 5.75 Å². The molecular weight excluding hydrogens is 215 g/mol. The van der Waals surface area contributed by atoms with Gasteiger partial charge in [-0.2, -0.15) is 0 Å². The number of hydrogen-bond acceptors (Lipinski definition) is 1. The maximum atomic E-state index is 14.2. The van der Waals surface area contributed by atoms with Crippen LogP contribution in [0.25, 0.3) is 0 Å². The van der Waals surface area contributed by atoms with E-state index >= 15 is 0 Å². The van der Waals surface area contributed by atoms with E-state index in [9.17, 15) is 4.39 Å². The molecule has 0 saturated heterocycles. The van der Waals surface area contributed by atoms with Gasteiger partial charge in [-0.15, -0.1) is 0 Å². The van der Waals surface area contributed by atoms with Gasteiger partial charge >= 0.3 is 0 Å². The lowest BCUT2D eigenvalue weighted by Gasteiger charge is -2.24. The Kier molecular flexibility index (Phi) is 4.18. The molecule has 96 valence electrons. The van der Waals surface area contributed by atoms with E-state index in [1.54, 1.807) is 6.07 Å². The SMILES string of the molecule is CCOc1cc(C(C)C)cc(F)c1C(C)(C)C. The molecule has 0 fully saturated rings. The Balaban J connectivity index is 3.38. The van der Waals surface area contributed by atoms with Crippen LogP contribution < -0.4 is 4.74 Å². The van der Waals surface area contributed by atoms with Crippen LogP contribution >= 0.6 is 0 Å². The molecule has 1 aromatic rings. The molecule has 0 amide bonds. The summed E-state index contributed by atoms with van der Waals surface area (Å²) in [7, 11) is 0. The molecule has 0 bridgehead atoms. The molecule has 1 aromatic carbocycles. The fourth-order valence-corrected chi connectivity index (χ4v) is 1.93. The minimum absolute atomic E-state index is 0.160. The predicted molar refractivity (Wildman–Crippen MR) is 70.4 cm³/mol. The Hall–Kier alpha value is -1.05. The van der Waals surface area contributed by atoms with E-state index in [0.717, 1.165) is 5.56 Å². The number of hydrogen-bond donors (Lipinski definition) is 0. The van der Waals surface area contributed by atoms with Crippen LogP contribution in [0.4, 0.5) is 4.39 Å². The van der Waals surface area contributed by atoms with Gasteiger partial charge in [0.2, 0.25) is 0 Å². The Labute approximate surface area is 104 Å². The molecule has 0 spiro atoms. The van der Waals surface area contributed by atoms with Crippen LogP contribution in [-0.2, 0) is 5.41 Å². The fourth-order valence-electron chi connectivity index (χ4n) is 1.93. The summed E-state index contributed by atoms with van der Waals surface area (Å²) in [5.74, 6) is 0.827. The van der Waals surface area contributed by atoms with E-state index in [0.29, 0.717) is 23.8 Å². The number of halogens is 1. The van der Waals surface area contributed by atoms with Gasteiger partial charge in [-0.05, 0) is 36.0 Å². The lowest BCUT2D eigenvalue weighted by Crippen LogP contribution is -2.16. The highest BCUT2D eigenvalue weighted by Crippen LogP contribution is 2.36. The zero-order valence-corrected chi connectivity index (χ0v) is 11.7. The average molecular weight is 238 g/mol. The van der Waals surface area contributed by atoms with E-state index in [4.69, 9.17) is 4.74 Å². The van der Waals surface area contributed by atoms with Crippen LogP contribution in [0.15, 0.2) is 12.1 Å². The molecule has 1 rings (SSSR count). The number of benzene rings is 1. The molecule has 0 aliphatic rings. The van der Waals surface area contributed by atoms with Crippen molar-refractivity contribution in [2.24, 2.45) is 0 Å². The van der Waals surface area contributed by atoms with Crippen LogP contribution in [0.1, 0.15) is 58.6 Å². The van der Waals surface area contributed by atoms with Crippen molar-refractivity contribution < 1.29 is 9.13 Å². The highest BCUT2D eigenvalue weighted by atomic mass is 19.1. The summed E-state index contributed by atoms with van der Waals surface area (Å²) >= 11 is 0. The van der Waals surface area contributed by atoms with E-state index < -0.39 is 0 Å². The summed E-state index contributed by atoms with van der Waals surface area (Å²) in [6.45, 7) is 12.6. The minimum Gasteiger partial charge on any atom is -0.493 e. The maximum Gasteiger partial charge on any atom is 0.130 e. The Morgan fingerprint density at radius 3 is 2.24 bits per heavy atom. The molecule has 17 heavy (non-hydrogen) atoms. The summed E-state index contributed by atoms with van der Waals surface area (Å²) in [5, 5.41) is 0. The summed E-state index contributed by atoms with van der Waals surface area (Å²) in [4.78, 5) is 0. The molecular formula is C15H23FO. The molecule has 0 aromatic heterocycles. The molecule has 0 atom stereocenters. The van der Waals surface area contributed by atoms with Gasteiger partial charge in [-0.1, -0.05) is 34.6 Å². The quantitative estimate of drug-likeness (QED) is 0.745. The topological polar surface area (TPSA) is 9.23 Å². The molecule has 0 saturated carbocycles. The smallest absolute Gasteiger partial charge is 0.130 e. The van der Waals surface area contributed by atoms with Gasteiger partial charge in [-0.3, -0.25) is 0 Å². The summed E-state index contributed by atoms with van der Waals surface area (Å²) in [5.41, 5.74) is 1.41. The van der Waals surface area contributed by atoms with Crippen LogP contribution in [-0.4, -0.2) is 6.61 Å². The fraction of sp³-hybridized carbons (Fsp3) is 0.600. The van der Waals surface area contributed by atoms with Crippen LogP contribution in [0.2, 0.25) is 0 Å². The van der Waals surface area contributed by atoms with Crippen LogP contribution in [0, 0.1) is 5.82 Å². The highest BCUT2D eigenvalue weighted by molar-refractivity contribution is 5.43. The van der Waals surface area contributed by atoms with Gasteiger partial charge in [-0.25, -0.2) is 4.39 Å². The summed E-state index contributed by atoms with van der Waals surface area (Å²) in [6.07, 6.45) is 0. The van der Waals surface area contributed by atoms with E-state index in [2.05, 4.69) is 13.8 Å². The Bertz CT molecular complexity index is 389. The average Bonchev–Trinajstić information content (AvgIpc) is 2.14. The van der Waals surface area contributed by atoms with E-state index in [1.165, 1.54) is 0 Å². The molecule has 1 nitrogen and oxygen atoms in total. The van der Waals surface area contributed by atoms with Crippen LogP contribution in [0.3, 0.4) is 0 Å². The van der Waals surface area contributed by atoms with Crippen molar-refractivity contribution in [1.82, 2.24) is 0 Å². The lowest BCUT2D eigenvalue weighted by atomic mass is 9.84. The van der Waals surface area contributed by atoms with Crippen molar-refractivity contribution in [3.63, 3.8) is 0 Å². The van der Waals surface area contributed by atoms with Crippen molar-refractivity contribution in [2.75, 3.05) is 6.61 Å². The summed E-state index contributed by atoms with van der Waals surface area (Å²) in [6, 6.07) is 3.60. The predicted octanol–water partition coefficient (Wildman–Crippen LogP) is 4.65. The summed E-state index contributed by atoms with van der Waals surface area (Å²) < 4.78 is 19.8. The van der Waals surface area contributed by atoms with Crippen molar-refractivity contribution in [2.45, 2.75) is 52.9 Å². The normalized spacial score (nSPS) is 12.0. The second-order valence-corrected chi connectivity index (χ2v) is 5.71. The third-order valence-electron chi connectivity index (χ3n) is 2.79. The van der Waals surface area contributed by atoms with Crippen LogP contribution in [0.5, 0.6) is 5.75 Å². The first kappa shape index (κ1) is 14.0. The van der Waals surface area contributed by atoms with E-state index in [-0.39, 0.29) is 11.2 Å². The number of ether oxygens (including phenoxy) is 1. The van der Waals surface area contributed by atoms with Gasteiger partial charge in [0, 0.05) is 5.56 Å². The van der Waals surface area contributed by atoms with Gasteiger partial charge in [0.05, 0.1) is 6.61 Å². The third kappa shape index (κ3) is 3.21.